The first-order valence-corrected chi connectivity index (χ1v) is 7.76. The first-order chi connectivity index (χ1) is 9.03. The van der Waals surface area contributed by atoms with E-state index in [1.807, 2.05) is 26.1 Å². The third-order valence-corrected chi connectivity index (χ3v) is 4.33. The first-order valence-electron chi connectivity index (χ1n) is 6.28. The van der Waals surface area contributed by atoms with Crippen molar-refractivity contribution >= 4 is 10.0 Å². The van der Waals surface area contributed by atoms with Crippen molar-refractivity contribution in [3.63, 3.8) is 0 Å². The summed E-state index contributed by atoms with van der Waals surface area (Å²) >= 11 is 0. The van der Waals surface area contributed by atoms with Gasteiger partial charge in [-0.1, -0.05) is 19.1 Å². The molecule has 0 amide bonds. The molecule has 0 bridgehead atoms. The van der Waals surface area contributed by atoms with Crippen LogP contribution >= 0.6 is 0 Å². The fraction of sp³-hybridized carbons (Fsp3) is 0.538. The molecule has 0 saturated carbocycles. The van der Waals surface area contributed by atoms with Gasteiger partial charge in [0.1, 0.15) is 0 Å². The molecule has 0 radical (unpaired) electrons. The summed E-state index contributed by atoms with van der Waals surface area (Å²) in [7, 11) is -0.0669. The summed E-state index contributed by atoms with van der Waals surface area (Å²) in [5.41, 5.74) is 1.05. The van der Waals surface area contributed by atoms with E-state index >= 15 is 0 Å². The standard InChI is InChI=1S/C13H22N2O3S/c1-4-12(10-18-3)15-19(16,17)13-7-5-11(6-8-13)9-14-2/h5-8,12,14-15H,4,9-10H2,1-3H3. The summed E-state index contributed by atoms with van der Waals surface area (Å²) in [4.78, 5) is 0.280. The number of sulfonamides is 1. The van der Waals surface area contributed by atoms with Crippen molar-refractivity contribution in [1.82, 2.24) is 10.0 Å². The lowest BCUT2D eigenvalue weighted by Crippen LogP contribution is -2.37. The van der Waals surface area contributed by atoms with Gasteiger partial charge in [0, 0.05) is 19.7 Å². The number of hydrogen-bond acceptors (Lipinski definition) is 4. The van der Waals surface area contributed by atoms with Crippen LogP contribution in [0.4, 0.5) is 0 Å². The Kier molecular flexibility index (Phi) is 6.44. The number of ether oxygens (including phenoxy) is 1. The second-order valence-corrected chi connectivity index (χ2v) is 6.07. The highest BCUT2D eigenvalue weighted by Crippen LogP contribution is 2.11. The zero-order valence-electron chi connectivity index (χ0n) is 11.6. The van der Waals surface area contributed by atoms with Gasteiger partial charge in [0.15, 0.2) is 0 Å². The van der Waals surface area contributed by atoms with Gasteiger partial charge in [-0.2, -0.15) is 0 Å². The number of rotatable bonds is 8. The SMILES string of the molecule is CCC(COC)NS(=O)(=O)c1ccc(CNC)cc1. The Morgan fingerprint density at radius 2 is 1.89 bits per heavy atom. The molecule has 0 saturated heterocycles. The quantitative estimate of drug-likeness (QED) is 0.751. The van der Waals surface area contributed by atoms with Crippen LogP contribution in [-0.2, 0) is 21.3 Å². The molecule has 6 heteroatoms. The van der Waals surface area contributed by atoms with E-state index in [1.54, 1.807) is 19.2 Å². The first kappa shape index (κ1) is 16.1. The molecule has 0 aliphatic rings. The second-order valence-electron chi connectivity index (χ2n) is 4.36. The largest absolute Gasteiger partial charge is 0.383 e. The van der Waals surface area contributed by atoms with Crippen LogP contribution in [-0.4, -0.2) is 35.2 Å². The van der Waals surface area contributed by atoms with E-state index in [0.29, 0.717) is 13.0 Å². The number of nitrogens with one attached hydrogen (secondary N) is 2. The predicted octanol–water partition coefficient (Wildman–Crippen LogP) is 1.11. The molecule has 0 spiro atoms. The maximum absolute atomic E-state index is 12.2. The summed E-state index contributed by atoms with van der Waals surface area (Å²) in [5, 5.41) is 3.02. The summed E-state index contributed by atoms with van der Waals surface area (Å²) in [5.74, 6) is 0. The van der Waals surface area contributed by atoms with Crippen LogP contribution in [0, 0.1) is 0 Å². The highest BCUT2D eigenvalue weighted by Gasteiger charge is 2.18. The third kappa shape index (κ3) is 4.91. The van der Waals surface area contributed by atoms with Gasteiger partial charge in [0.2, 0.25) is 10.0 Å². The monoisotopic (exact) mass is 286 g/mol. The lowest BCUT2D eigenvalue weighted by atomic mass is 10.2. The van der Waals surface area contributed by atoms with Gasteiger partial charge in [-0.3, -0.25) is 0 Å². The second kappa shape index (κ2) is 7.59. The molecule has 108 valence electrons. The maximum Gasteiger partial charge on any atom is 0.240 e. The van der Waals surface area contributed by atoms with Crippen molar-refractivity contribution in [3.8, 4) is 0 Å². The molecule has 0 aliphatic carbocycles. The van der Waals surface area contributed by atoms with E-state index in [2.05, 4.69) is 10.0 Å². The molecule has 19 heavy (non-hydrogen) atoms. The minimum atomic E-state index is -3.48. The lowest BCUT2D eigenvalue weighted by Gasteiger charge is -2.16. The molecule has 0 fully saturated rings. The van der Waals surface area contributed by atoms with Gasteiger partial charge in [-0.05, 0) is 31.2 Å². The average Bonchev–Trinajstić information content (AvgIpc) is 2.39. The van der Waals surface area contributed by atoms with Gasteiger partial charge in [0.25, 0.3) is 0 Å². The number of benzene rings is 1. The van der Waals surface area contributed by atoms with E-state index < -0.39 is 10.0 Å². The lowest BCUT2D eigenvalue weighted by molar-refractivity contribution is 0.173. The topological polar surface area (TPSA) is 67.4 Å². The Balaban J connectivity index is 2.81. The van der Waals surface area contributed by atoms with E-state index in [-0.39, 0.29) is 10.9 Å². The summed E-state index contributed by atoms with van der Waals surface area (Å²) in [6, 6.07) is 6.65. The smallest absolute Gasteiger partial charge is 0.240 e. The van der Waals surface area contributed by atoms with Crippen LogP contribution in [0.15, 0.2) is 29.2 Å². The Labute approximate surface area is 115 Å². The van der Waals surface area contributed by atoms with Gasteiger partial charge >= 0.3 is 0 Å². The van der Waals surface area contributed by atoms with E-state index in [0.717, 1.165) is 12.1 Å². The summed E-state index contributed by atoms with van der Waals surface area (Å²) in [6.45, 7) is 3.00. The van der Waals surface area contributed by atoms with Crippen molar-refractivity contribution in [1.29, 1.82) is 0 Å². The molecule has 1 atom stereocenters. The zero-order chi connectivity index (χ0) is 14.3. The van der Waals surface area contributed by atoms with Crippen molar-refractivity contribution in [3.05, 3.63) is 29.8 Å². The molecule has 1 unspecified atom stereocenters. The Morgan fingerprint density at radius 1 is 1.26 bits per heavy atom. The molecule has 1 rings (SSSR count). The van der Waals surface area contributed by atoms with Gasteiger partial charge < -0.3 is 10.1 Å². The minimum absolute atomic E-state index is 0.202. The van der Waals surface area contributed by atoms with Crippen LogP contribution < -0.4 is 10.0 Å². The van der Waals surface area contributed by atoms with Gasteiger partial charge in [-0.25, -0.2) is 13.1 Å². The molecule has 0 aliphatic heterocycles. The van der Waals surface area contributed by atoms with Crippen molar-refractivity contribution in [2.75, 3.05) is 20.8 Å². The molecular weight excluding hydrogens is 264 g/mol. The van der Waals surface area contributed by atoms with Crippen LogP contribution in [0.3, 0.4) is 0 Å². The van der Waals surface area contributed by atoms with E-state index in [9.17, 15) is 8.42 Å². The molecule has 2 N–H and O–H groups in total. The fourth-order valence-electron chi connectivity index (χ4n) is 1.71. The number of hydrogen-bond donors (Lipinski definition) is 2. The molecule has 5 nitrogen and oxygen atoms in total. The van der Waals surface area contributed by atoms with Gasteiger partial charge in [0.05, 0.1) is 11.5 Å². The molecule has 0 aromatic heterocycles. The zero-order valence-corrected chi connectivity index (χ0v) is 12.5. The average molecular weight is 286 g/mol. The van der Waals surface area contributed by atoms with Crippen LogP contribution in [0.25, 0.3) is 0 Å². The summed E-state index contributed by atoms with van der Waals surface area (Å²) < 4.78 is 32.0. The normalized spacial score (nSPS) is 13.4. The number of methoxy groups -OCH3 is 1. The van der Waals surface area contributed by atoms with Crippen LogP contribution in [0.1, 0.15) is 18.9 Å². The molecule has 1 aromatic rings. The highest BCUT2D eigenvalue weighted by molar-refractivity contribution is 7.89. The fourth-order valence-corrected chi connectivity index (χ4v) is 3.02. The highest BCUT2D eigenvalue weighted by atomic mass is 32.2. The van der Waals surface area contributed by atoms with Crippen LogP contribution in [0.5, 0.6) is 0 Å². The molecule has 1 aromatic carbocycles. The summed E-state index contributed by atoms with van der Waals surface area (Å²) in [6.07, 6.45) is 0.685. The van der Waals surface area contributed by atoms with Gasteiger partial charge in [-0.15, -0.1) is 0 Å². The third-order valence-electron chi connectivity index (χ3n) is 2.80. The van der Waals surface area contributed by atoms with Crippen molar-refractivity contribution in [2.45, 2.75) is 30.8 Å². The Bertz CT molecular complexity index is 471. The van der Waals surface area contributed by atoms with E-state index in [1.165, 1.54) is 0 Å². The van der Waals surface area contributed by atoms with Crippen molar-refractivity contribution < 1.29 is 13.2 Å². The van der Waals surface area contributed by atoms with Crippen LogP contribution in [0.2, 0.25) is 0 Å². The Morgan fingerprint density at radius 3 is 2.37 bits per heavy atom. The maximum atomic E-state index is 12.2. The minimum Gasteiger partial charge on any atom is -0.383 e. The predicted molar refractivity (Wildman–Crippen MR) is 75.5 cm³/mol. The Hall–Kier alpha value is -0.950. The molecule has 0 heterocycles. The molecular formula is C13H22N2O3S. The van der Waals surface area contributed by atoms with Crippen molar-refractivity contribution in [2.24, 2.45) is 0 Å². The van der Waals surface area contributed by atoms with E-state index in [4.69, 9.17) is 4.74 Å².